The SMILES string of the molecule is CCCc1cccc2c1-c1cc(=C(c3ccccc3)c3ccccc3)c(CCC)c(C3=CC=CC3)c1=[C]2. The van der Waals surface area contributed by atoms with E-state index in [0.717, 1.165) is 32.1 Å². The van der Waals surface area contributed by atoms with E-state index in [1.807, 2.05) is 0 Å². The van der Waals surface area contributed by atoms with Gasteiger partial charge in [-0.25, -0.2) is 0 Å². The molecule has 1 radical (unpaired) electrons. The molecule has 0 N–H and O–H groups in total. The smallest absolute Gasteiger partial charge is 0.000732 e. The van der Waals surface area contributed by atoms with Gasteiger partial charge in [-0.05, 0) is 97.5 Å². The molecule has 0 fully saturated rings. The van der Waals surface area contributed by atoms with Gasteiger partial charge in [0, 0.05) is 0 Å². The lowest BCUT2D eigenvalue weighted by molar-refractivity contribution is 0.908. The van der Waals surface area contributed by atoms with E-state index in [-0.39, 0.29) is 0 Å². The van der Waals surface area contributed by atoms with Crippen molar-refractivity contribution < 1.29 is 0 Å². The highest BCUT2D eigenvalue weighted by Gasteiger charge is 2.24. The van der Waals surface area contributed by atoms with Crippen LogP contribution in [0.2, 0.25) is 0 Å². The third-order valence-corrected chi connectivity index (χ3v) is 7.62. The summed E-state index contributed by atoms with van der Waals surface area (Å²) in [7, 11) is 0. The number of benzene rings is 4. The minimum atomic E-state index is 0.985. The highest BCUT2D eigenvalue weighted by atomic mass is 14.3. The van der Waals surface area contributed by atoms with Crippen LogP contribution >= 0.6 is 0 Å². The average molecular weight is 478 g/mol. The first-order valence-electron chi connectivity index (χ1n) is 13.7. The highest BCUT2D eigenvalue weighted by Crippen LogP contribution is 2.35. The summed E-state index contributed by atoms with van der Waals surface area (Å²) in [5.74, 6) is 0. The Bertz CT molecular complexity index is 1590. The molecule has 4 aromatic carbocycles. The van der Waals surface area contributed by atoms with Crippen LogP contribution in [0.5, 0.6) is 0 Å². The van der Waals surface area contributed by atoms with Crippen molar-refractivity contribution in [1.82, 2.24) is 0 Å². The lowest BCUT2D eigenvalue weighted by atomic mass is 9.85. The van der Waals surface area contributed by atoms with E-state index in [1.54, 1.807) is 0 Å². The summed E-state index contributed by atoms with van der Waals surface area (Å²) in [4.78, 5) is 0. The largest absolute Gasteiger partial charge is 0.0801 e. The summed E-state index contributed by atoms with van der Waals surface area (Å²) >= 11 is 0. The predicted octanol–water partition coefficient (Wildman–Crippen LogP) is 7.87. The van der Waals surface area contributed by atoms with Gasteiger partial charge in [0.2, 0.25) is 0 Å². The van der Waals surface area contributed by atoms with E-state index in [0.29, 0.717) is 0 Å². The second-order valence-electron chi connectivity index (χ2n) is 10.1. The van der Waals surface area contributed by atoms with Crippen molar-refractivity contribution in [3.8, 4) is 11.1 Å². The van der Waals surface area contributed by atoms with Crippen LogP contribution in [0.1, 0.15) is 66.5 Å². The molecular weight excluding hydrogens is 444 g/mol. The van der Waals surface area contributed by atoms with Crippen LogP contribution in [-0.4, -0.2) is 0 Å². The zero-order chi connectivity index (χ0) is 25.2. The van der Waals surface area contributed by atoms with Gasteiger partial charge < -0.3 is 0 Å². The van der Waals surface area contributed by atoms with Crippen LogP contribution in [-0.2, 0) is 12.8 Å². The molecule has 0 saturated carbocycles. The summed E-state index contributed by atoms with van der Waals surface area (Å²) in [6.07, 6.45) is 16.1. The Morgan fingerprint density at radius 1 is 0.757 bits per heavy atom. The summed E-state index contributed by atoms with van der Waals surface area (Å²) < 4.78 is 0. The van der Waals surface area contributed by atoms with Crippen LogP contribution in [0.3, 0.4) is 0 Å². The molecule has 0 nitrogen and oxygen atoms in total. The van der Waals surface area contributed by atoms with Gasteiger partial charge in [-0.1, -0.05) is 124 Å². The molecule has 0 saturated heterocycles. The molecule has 0 amide bonds. The molecule has 4 aromatic rings. The molecule has 181 valence electrons. The van der Waals surface area contributed by atoms with Gasteiger partial charge in [-0.3, -0.25) is 0 Å². The van der Waals surface area contributed by atoms with Crippen molar-refractivity contribution in [3.63, 3.8) is 0 Å². The lowest BCUT2D eigenvalue weighted by Gasteiger charge is -2.19. The number of hydrogen-bond donors (Lipinski definition) is 0. The molecule has 6 rings (SSSR count). The fraction of sp³-hybridized carbons (Fsp3) is 0.189. The Kier molecular flexibility index (Phi) is 6.49. The molecule has 0 atom stereocenters. The van der Waals surface area contributed by atoms with E-state index in [9.17, 15) is 0 Å². The normalized spacial score (nSPS) is 13.2. The maximum Gasteiger partial charge on any atom is -0.000732 e. The van der Waals surface area contributed by atoms with Gasteiger partial charge in [0.15, 0.2) is 0 Å². The molecule has 37 heavy (non-hydrogen) atoms. The fourth-order valence-electron chi connectivity index (χ4n) is 6.09. The van der Waals surface area contributed by atoms with E-state index < -0.39 is 0 Å². The zero-order valence-electron chi connectivity index (χ0n) is 21.9. The lowest BCUT2D eigenvalue weighted by Crippen LogP contribution is -2.25. The first-order chi connectivity index (χ1) is 18.3. The van der Waals surface area contributed by atoms with Gasteiger partial charge in [-0.15, -0.1) is 0 Å². The zero-order valence-corrected chi connectivity index (χ0v) is 21.9. The van der Waals surface area contributed by atoms with Crippen molar-refractivity contribution in [2.75, 3.05) is 0 Å². The van der Waals surface area contributed by atoms with Crippen LogP contribution in [0.4, 0.5) is 0 Å². The second kappa shape index (κ2) is 10.2. The van der Waals surface area contributed by atoms with Crippen LogP contribution in [0, 0.1) is 0 Å². The Morgan fingerprint density at radius 2 is 1.46 bits per heavy atom. The van der Waals surface area contributed by atoms with Crippen molar-refractivity contribution in [2.45, 2.75) is 46.0 Å². The second-order valence-corrected chi connectivity index (χ2v) is 10.1. The molecule has 0 bridgehead atoms. The molecule has 0 heteroatoms. The maximum absolute atomic E-state index is 3.89. The predicted molar refractivity (Wildman–Crippen MR) is 158 cm³/mol. The summed E-state index contributed by atoms with van der Waals surface area (Å²) in [6, 6.07) is 31.2. The van der Waals surface area contributed by atoms with Gasteiger partial charge in [0.1, 0.15) is 0 Å². The number of rotatable bonds is 7. The highest BCUT2D eigenvalue weighted by molar-refractivity contribution is 5.91. The Labute approximate surface area is 221 Å². The Morgan fingerprint density at radius 3 is 2.08 bits per heavy atom. The average Bonchev–Trinajstić information content (AvgIpc) is 3.59. The van der Waals surface area contributed by atoms with E-state index >= 15 is 0 Å². The molecule has 0 spiro atoms. The van der Waals surface area contributed by atoms with Crippen molar-refractivity contribution in [3.05, 3.63) is 147 Å². The number of allylic oxidation sites excluding steroid dienone is 4. The van der Waals surface area contributed by atoms with Crippen LogP contribution in [0.25, 0.3) is 28.3 Å². The molecule has 2 aliphatic carbocycles. The van der Waals surface area contributed by atoms with Crippen molar-refractivity contribution in [2.24, 2.45) is 0 Å². The minimum absolute atomic E-state index is 0.985. The summed E-state index contributed by atoms with van der Waals surface area (Å²) in [5.41, 5.74) is 13.5. The van der Waals surface area contributed by atoms with Crippen LogP contribution < -0.4 is 10.4 Å². The van der Waals surface area contributed by atoms with E-state index in [1.165, 1.54) is 66.1 Å². The number of hydrogen-bond acceptors (Lipinski definition) is 0. The third-order valence-electron chi connectivity index (χ3n) is 7.62. The Balaban J connectivity index is 1.81. The first kappa shape index (κ1) is 23.5. The summed E-state index contributed by atoms with van der Waals surface area (Å²) in [5, 5.41) is 2.66. The topological polar surface area (TPSA) is 0 Å². The van der Waals surface area contributed by atoms with E-state index in [4.69, 9.17) is 0 Å². The molecular formula is C37H33. The molecule has 0 heterocycles. The first-order valence-corrected chi connectivity index (χ1v) is 13.7. The molecule has 2 aliphatic rings. The number of fused-ring (bicyclic) bond motifs is 3. The molecule has 0 unspecified atom stereocenters. The quantitative estimate of drug-likeness (QED) is 0.224. The van der Waals surface area contributed by atoms with Gasteiger partial charge in [-0.2, -0.15) is 0 Å². The molecule has 0 aliphatic heterocycles. The fourth-order valence-corrected chi connectivity index (χ4v) is 6.09. The van der Waals surface area contributed by atoms with E-state index in [2.05, 4.69) is 123 Å². The van der Waals surface area contributed by atoms with Crippen LogP contribution in [0.15, 0.2) is 103 Å². The monoisotopic (exact) mass is 477 g/mol. The third kappa shape index (κ3) is 4.21. The number of aryl methyl sites for hydroxylation is 1. The van der Waals surface area contributed by atoms with Crippen molar-refractivity contribution in [1.29, 1.82) is 0 Å². The molecule has 0 aromatic heterocycles. The van der Waals surface area contributed by atoms with Gasteiger partial charge in [0.05, 0.1) is 0 Å². The van der Waals surface area contributed by atoms with Crippen molar-refractivity contribution >= 4 is 17.2 Å². The summed E-state index contributed by atoms with van der Waals surface area (Å²) in [6.45, 7) is 4.57. The maximum atomic E-state index is 3.89. The Hall–Kier alpha value is -3.90. The van der Waals surface area contributed by atoms with Gasteiger partial charge in [0.25, 0.3) is 0 Å². The standard InChI is InChI=1S/C37H33/c1-3-14-26-22-13-23-30-24-32-34(36(26)30)25-33(31(15-4-2)37(32)29-20-11-12-21-29)35(27-16-7-5-8-17-27)28-18-9-6-10-19-28/h5-13,16-20,22-23,25H,3-4,14-15,21H2,1-2H3. The minimum Gasteiger partial charge on any atom is -0.0801 e. The van der Waals surface area contributed by atoms with Gasteiger partial charge >= 0.3 is 0 Å².